The fourth-order valence-corrected chi connectivity index (χ4v) is 1.15. The van der Waals surface area contributed by atoms with Crippen molar-refractivity contribution >= 4 is 5.84 Å². The summed E-state index contributed by atoms with van der Waals surface area (Å²) in [5, 5.41) is 4.17. The highest BCUT2D eigenvalue weighted by Gasteiger charge is 2.09. The Labute approximate surface area is 77.0 Å². The van der Waals surface area contributed by atoms with Crippen molar-refractivity contribution in [1.29, 1.82) is 0 Å². The summed E-state index contributed by atoms with van der Waals surface area (Å²) in [6, 6.07) is 9.86. The predicted octanol–water partition coefficient (Wildman–Crippen LogP) is 0.851. The van der Waals surface area contributed by atoms with Gasteiger partial charge in [-0.05, 0) is 0 Å². The van der Waals surface area contributed by atoms with Crippen LogP contribution in [-0.2, 0) is 0 Å². The first kappa shape index (κ1) is 8.01. The molecule has 0 aliphatic carbocycles. The number of hydrogen-bond donors (Lipinski definition) is 1. The average Bonchev–Trinajstić information content (AvgIpc) is 2.67. The normalized spacial score (nSPS) is 14.8. The number of nitrogens with zero attached hydrogens (tertiary/aromatic N) is 2. The van der Waals surface area contributed by atoms with E-state index in [1.54, 1.807) is 6.20 Å². The maximum Gasteiger partial charge on any atom is 0.159 e. The molecule has 2 rings (SSSR count). The van der Waals surface area contributed by atoms with Gasteiger partial charge in [0.2, 0.25) is 0 Å². The lowest BCUT2D eigenvalue weighted by molar-refractivity contribution is 1.11. The number of rotatable bonds is 2. The van der Waals surface area contributed by atoms with Crippen LogP contribution in [0.4, 0.5) is 0 Å². The monoisotopic (exact) mass is 172 g/mol. The molecule has 0 aromatic heterocycles. The second-order valence-electron chi connectivity index (χ2n) is 2.76. The highest BCUT2D eigenvalue weighted by Crippen LogP contribution is 2.08. The smallest absolute Gasteiger partial charge is 0.159 e. The molecule has 3 nitrogen and oxygen atoms in total. The van der Waals surface area contributed by atoms with Crippen molar-refractivity contribution in [1.82, 2.24) is 5.32 Å². The van der Waals surface area contributed by atoms with E-state index in [0.717, 1.165) is 17.1 Å². The van der Waals surface area contributed by atoms with E-state index in [4.69, 9.17) is 5.73 Å². The molecular weight excluding hydrogens is 162 g/mol. The fourth-order valence-electron chi connectivity index (χ4n) is 1.15. The fraction of sp³-hybridized carbons (Fsp3) is 0.100. The van der Waals surface area contributed by atoms with Crippen molar-refractivity contribution < 1.29 is 0 Å². The van der Waals surface area contributed by atoms with Gasteiger partial charge in [0.05, 0.1) is 11.9 Å². The lowest BCUT2D eigenvalue weighted by Crippen LogP contribution is -2.07. The summed E-state index contributed by atoms with van der Waals surface area (Å²) in [5.41, 5.74) is 7.30. The summed E-state index contributed by atoms with van der Waals surface area (Å²) in [6.45, 7) is 0.444. The van der Waals surface area contributed by atoms with Crippen molar-refractivity contribution in [2.45, 2.75) is 0 Å². The molecule has 13 heavy (non-hydrogen) atoms. The molecule has 1 aliphatic rings. The first-order valence-electron chi connectivity index (χ1n) is 4.14. The predicted molar refractivity (Wildman–Crippen MR) is 52.3 cm³/mol. The van der Waals surface area contributed by atoms with Crippen molar-refractivity contribution in [2.24, 2.45) is 10.7 Å². The molecule has 1 radical (unpaired) electrons. The zero-order chi connectivity index (χ0) is 9.10. The van der Waals surface area contributed by atoms with E-state index in [-0.39, 0.29) is 0 Å². The van der Waals surface area contributed by atoms with Gasteiger partial charge in [-0.1, -0.05) is 30.3 Å². The van der Waals surface area contributed by atoms with E-state index < -0.39 is 0 Å². The van der Waals surface area contributed by atoms with Crippen LogP contribution < -0.4 is 11.1 Å². The highest BCUT2D eigenvalue weighted by atomic mass is 15.1. The quantitative estimate of drug-likeness (QED) is 0.706. The summed E-state index contributed by atoms with van der Waals surface area (Å²) in [4.78, 5) is 4.26. The zero-order valence-electron chi connectivity index (χ0n) is 7.14. The lowest BCUT2D eigenvalue weighted by Gasteiger charge is -1.97. The molecule has 1 aliphatic heterocycles. The second kappa shape index (κ2) is 3.41. The van der Waals surface area contributed by atoms with Gasteiger partial charge in [0.15, 0.2) is 5.84 Å². The Kier molecular flexibility index (Phi) is 2.10. The number of hydrogen-bond acceptors (Lipinski definition) is 2. The van der Waals surface area contributed by atoms with Gasteiger partial charge in [-0.25, -0.2) is 10.3 Å². The Morgan fingerprint density at radius 1 is 1.15 bits per heavy atom. The summed E-state index contributed by atoms with van der Waals surface area (Å²) in [6.07, 6.45) is 1.71. The molecule has 2 N–H and O–H groups in total. The molecule has 0 spiro atoms. The largest absolute Gasteiger partial charge is 0.325 e. The molecule has 0 bridgehead atoms. The Balaban J connectivity index is 2.23. The van der Waals surface area contributed by atoms with Crippen LogP contribution in [0.15, 0.2) is 47.2 Å². The summed E-state index contributed by atoms with van der Waals surface area (Å²) >= 11 is 0. The van der Waals surface area contributed by atoms with Crippen molar-refractivity contribution in [2.75, 3.05) is 6.54 Å². The molecule has 0 unspecified atom stereocenters. The topological polar surface area (TPSA) is 52.5 Å². The van der Waals surface area contributed by atoms with E-state index in [1.165, 1.54) is 0 Å². The average molecular weight is 172 g/mol. The van der Waals surface area contributed by atoms with Crippen molar-refractivity contribution in [3.63, 3.8) is 0 Å². The van der Waals surface area contributed by atoms with E-state index in [0.29, 0.717) is 6.54 Å². The van der Waals surface area contributed by atoms with E-state index >= 15 is 0 Å². The molecule has 0 saturated carbocycles. The van der Waals surface area contributed by atoms with Gasteiger partial charge in [0.25, 0.3) is 0 Å². The number of aliphatic imine (C=N–C) groups is 1. The maximum absolute atomic E-state index is 5.44. The molecule has 0 saturated heterocycles. The van der Waals surface area contributed by atoms with Gasteiger partial charge in [-0.2, -0.15) is 0 Å². The number of benzene rings is 1. The molecule has 1 aromatic rings. The summed E-state index contributed by atoms with van der Waals surface area (Å²) < 4.78 is 0. The number of amidine groups is 1. The standard InChI is InChI=1S/C10H10N3/c11-6-9-7-12-10(13-9)8-4-2-1-3-5-8/h1-5,7H,6,11H2. The summed E-state index contributed by atoms with van der Waals surface area (Å²) in [5.74, 6) is 0.751. The number of nitrogens with two attached hydrogens (primary N) is 1. The Bertz CT molecular complexity index is 352. The molecular formula is C10H10N3. The summed E-state index contributed by atoms with van der Waals surface area (Å²) in [7, 11) is 0. The molecule has 1 aromatic carbocycles. The van der Waals surface area contributed by atoms with Gasteiger partial charge in [-0.3, -0.25) is 0 Å². The third kappa shape index (κ3) is 1.60. The van der Waals surface area contributed by atoms with Gasteiger partial charge in [-0.15, -0.1) is 0 Å². The highest BCUT2D eigenvalue weighted by molar-refractivity contribution is 6.01. The van der Waals surface area contributed by atoms with Gasteiger partial charge in [0.1, 0.15) is 0 Å². The zero-order valence-corrected chi connectivity index (χ0v) is 7.14. The lowest BCUT2D eigenvalue weighted by atomic mass is 10.2. The maximum atomic E-state index is 5.44. The Morgan fingerprint density at radius 2 is 1.92 bits per heavy atom. The third-order valence-electron chi connectivity index (χ3n) is 1.83. The van der Waals surface area contributed by atoms with Crippen LogP contribution in [-0.4, -0.2) is 12.4 Å². The Morgan fingerprint density at radius 3 is 2.54 bits per heavy atom. The Hall–Kier alpha value is -1.61. The van der Waals surface area contributed by atoms with Crippen LogP contribution in [0.2, 0.25) is 0 Å². The van der Waals surface area contributed by atoms with Crippen molar-refractivity contribution in [3.8, 4) is 0 Å². The van der Waals surface area contributed by atoms with E-state index in [9.17, 15) is 0 Å². The molecule has 0 amide bonds. The van der Waals surface area contributed by atoms with Crippen LogP contribution in [0, 0.1) is 0 Å². The van der Waals surface area contributed by atoms with E-state index in [1.807, 2.05) is 30.3 Å². The van der Waals surface area contributed by atoms with Gasteiger partial charge >= 0.3 is 0 Å². The van der Waals surface area contributed by atoms with Crippen LogP contribution >= 0.6 is 0 Å². The van der Waals surface area contributed by atoms with Gasteiger partial charge < -0.3 is 5.73 Å². The molecule has 0 atom stereocenters. The van der Waals surface area contributed by atoms with Crippen molar-refractivity contribution in [3.05, 3.63) is 47.8 Å². The first-order valence-corrected chi connectivity index (χ1v) is 4.14. The van der Waals surface area contributed by atoms with Gasteiger partial charge in [0, 0.05) is 12.1 Å². The SMILES string of the molecule is NCC1=C[N]C(c2ccccc2)=N1. The second-order valence-corrected chi connectivity index (χ2v) is 2.76. The van der Waals surface area contributed by atoms with Crippen LogP contribution in [0.3, 0.4) is 0 Å². The minimum atomic E-state index is 0.444. The van der Waals surface area contributed by atoms with Crippen LogP contribution in [0.5, 0.6) is 0 Å². The van der Waals surface area contributed by atoms with Crippen LogP contribution in [0.1, 0.15) is 5.56 Å². The van der Waals surface area contributed by atoms with Crippen LogP contribution in [0.25, 0.3) is 0 Å². The molecule has 3 heteroatoms. The third-order valence-corrected chi connectivity index (χ3v) is 1.83. The first-order chi connectivity index (χ1) is 6.40. The van der Waals surface area contributed by atoms with E-state index in [2.05, 4.69) is 10.3 Å². The minimum absolute atomic E-state index is 0.444. The molecule has 65 valence electrons. The minimum Gasteiger partial charge on any atom is -0.325 e. The molecule has 1 heterocycles. The molecule has 0 fully saturated rings.